The summed E-state index contributed by atoms with van der Waals surface area (Å²) in [5, 5.41) is 4.96. The van der Waals surface area contributed by atoms with Crippen LogP contribution in [0.15, 0.2) is 24.3 Å². The molecule has 1 aliphatic rings. The summed E-state index contributed by atoms with van der Waals surface area (Å²) in [6.07, 6.45) is 0. The molecule has 2 aromatic rings. The fourth-order valence-electron chi connectivity index (χ4n) is 2.90. The fraction of sp³-hybridized carbons (Fsp3) is 0.529. The summed E-state index contributed by atoms with van der Waals surface area (Å²) in [4.78, 5) is 4.17. The SMILES string of the molecule is CCNCc1sc2ccccc2c1CN1CCSCC1C. The van der Waals surface area contributed by atoms with Gasteiger partial charge < -0.3 is 5.32 Å². The van der Waals surface area contributed by atoms with Crippen LogP contribution in [0, 0.1) is 0 Å². The van der Waals surface area contributed by atoms with Crippen LogP contribution in [-0.2, 0) is 13.1 Å². The molecule has 1 fully saturated rings. The third-order valence-electron chi connectivity index (χ3n) is 4.18. The molecule has 0 amide bonds. The van der Waals surface area contributed by atoms with E-state index in [0.29, 0.717) is 6.04 Å². The Labute approximate surface area is 135 Å². The van der Waals surface area contributed by atoms with Crippen molar-refractivity contribution in [3.05, 3.63) is 34.7 Å². The highest BCUT2D eigenvalue weighted by molar-refractivity contribution is 7.99. The smallest absolute Gasteiger partial charge is 0.0349 e. The molecule has 2 heterocycles. The summed E-state index contributed by atoms with van der Waals surface area (Å²) < 4.78 is 1.43. The minimum atomic E-state index is 0.689. The van der Waals surface area contributed by atoms with E-state index in [1.165, 1.54) is 33.0 Å². The summed E-state index contributed by atoms with van der Waals surface area (Å²) in [6, 6.07) is 9.56. The number of fused-ring (bicyclic) bond motifs is 1. The van der Waals surface area contributed by atoms with Crippen molar-refractivity contribution in [3.8, 4) is 0 Å². The molecule has 1 aromatic carbocycles. The van der Waals surface area contributed by atoms with Gasteiger partial charge in [-0.1, -0.05) is 25.1 Å². The Morgan fingerprint density at radius 1 is 1.33 bits per heavy atom. The molecule has 0 aliphatic carbocycles. The van der Waals surface area contributed by atoms with E-state index in [4.69, 9.17) is 0 Å². The van der Waals surface area contributed by atoms with Crippen LogP contribution >= 0.6 is 23.1 Å². The number of nitrogens with zero attached hydrogens (tertiary/aromatic N) is 1. The first kappa shape index (κ1) is 15.3. The Morgan fingerprint density at radius 3 is 3.00 bits per heavy atom. The third kappa shape index (κ3) is 3.45. The van der Waals surface area contributed by atoms with Crippen LogP contribution < -0.4 is 5.32 Å². The zero-order chi connectivity index (χ0) is 14.7. The van der Waals surface area contributed by atoms with E-state index in [1.807, 2.05) is 11.3 Å². The van der Waals surface area contributed by atoms with Crippen LogP contribution in [0.3, 0.4) is 0 Å². The largest absolute Gasteiger partial charge is 0.312 e. The molecule has 1 aromatic heterocycles. The molecule has 3 rings (SSSR count). The summed E-state index contributed by atoms with van der Waals surface area (Å²) in [6.45, 7) is 8.90. The van der Waals surface area contributed by atoms with Crippen molar-refractivity contribution in [1.29, 1.82) is 0 Å². The maximum Gasteiger partial charge on any atom is 0.0349 e. The van der Waals surface area contributed by atoms with Crippen molar-refractivity contribution in [1.82, 2.24) is 10.2 Å². The highest BCUT2D eigenvalue weighted by atomic mass is 32.2. The van der Waals surface area contributed by atoms with Crippen LogP contribution in [0.5, 0.6) is 0 Å². The molecule has 0 bridgehead atoms. The van der Waals surface area contributed by atoms with Gasteiger partial charge in [0.2, 0.25) is 0 Å². The summed E-state index contributed by atoms with van der Waals surface area (Å²) >= 11 is 4.05. The Balaban J connectivity index is 1.90. The molecular weight excluding hydrogens is 296 g/mol. The first-order valence-corrected chi connectivity index (χ1v) is 9.78. The van der Waals surface area contributed by atoms with E-state index in [0.717, 1.165) is 19.6 Å². The minimum Gasteiger partial charge on any atom is -0.312 e. The minimum absolute atomic E-state index is 0.689. The lowest BCUT2D eigenvalue weighted by molar-refractivity contribution is 0.224. The lowest BCUT2D eigenvalue weighted by Crippen LogP contribution is -2.39. The zero-order valence-corrected chi connectivity index (χ0v) is 14.5. The molecule has 0 saturated carbocycles. The Hall–Kier alpha value is -0.550. The number of thiophene rings is 1. The summed E-state index contributed by atoms with van der Waals surface area (Å²) in [7, 11) is 0. The first-order valence-electron chi connectivity index (χ1n) is 7.81. The second-order valence-electron chi connectivity index (χ2n) is 5.67. The predicted octanol–water partition coefficient (Wildman–Crippen LogP) is 3.95. The first-order chi connectivity index (χ1) is 10.3. The molecule has 1 saturated heterocycles. The highest BCUT2D eigenvalue weighted by Crippen LogP contribution is 2.33. The van der Waals surface area contributed by atoms with Crippen molar-refractivity contribution in [2.24, 2.45) is 0 Å². The molecule has 1 unspecified atom stereocenters. The van der Waals surface area contributed by atoms with Crippen molar-refractivity contribution in [2.75, 3.05) is 24.6 Å². The second kappa shape index (κ2) is 7.14. The average Bonchev–Trinajstić information content (AvgIpc) is 2.85. The van der Waals surface area contributed by atoms with Gasteiger partial charge in [0.25, 0.3) is 0 Å². The Kier molecular flexibility index (Phi) is 5.22. The quantitative estimate of drug-likeness (QED) is 0.898. The van der Waals surface area contributed by atoms with E-state index in [1.54, 1.807) is 5.56 Å². The van der Waals surface area contributed by atoms with Crippen molar-refractivity contribution in [2.45, 2.75) is 33.0 Å². The molecule has 1 aliphatic heterocycles. The van der Waals surface area contributed by atoms with Gasteiger partial charge >= 0.3 is 0 Å². The monoisotopic (exact) mass is 320 g/mol. The zero-order valence-electron chi connectivity index (χ0n) is 12.9. The van der Waals surface area contributed by atoms with Crippen LogP contribution in [0.2, 0.25) is 0 Å². The normalized spacial score (nSPS) is 20.2. The van der Waals surface area contributed by atoms with Crippen molar-refractivity contribution >= 4 is 33.2 Å². The highest BCUT2D eigenvalue weighted by Gasteiger charge is 2.21. The van der Waals surface area contributed by atoms with Gasteiger partial charge in [0.1, 0.15) is 0 Å². The second-order valence-corrected chi connectivity index (χ2v) is 7.96. The van der Waals surface area contributed by atoms with E-state index < -0.39 is 0 Å². The summed E-state index contributed by atoms with van der Waals surface area (Å²) in [5.41, 5.74) is 1.55. The molecule has 0 spiro atoms. The predicted molar refractivity (Wildman–Crippen MR) is 96.4 cm³/mol. The maximum atomic E-state index is 3.50. The van der Waals surface area contributed by atoms with Crippen LogP contribution in [0.25, 0.3) is 10.1 Å². The molecule has 2 nitrogen and oxygen atoms in total. The molecule has 4 heteroatoms. The maximum absolute atomic E-state index is 3.50. The number of thioether (sulfide) groups is 1. The van der Waals surface area contributed by atoms with Gasteiger partial charge in [0.15, 0.2) is 0 Å². The molecule has 114 valence electrons. The number of hydrogen-bond acceptors (Lipinski definition) is 4. The van der Waals surface area contributed by atoms with Crippen LogP contribution in [-0.4, -0.2) is 35.5 Å². The molecule has 0 radical (unpaired) electrons. The van der Waals surface area contributed by atoms with E-state index in [-0.39, 0.29) is 0 Å². The van der Waals surface area contributed by atoms with Gasteiger partial charge in [-0.15, -0.1) is 11.3 Å². The van der Waals surface area contributed by atoms with E-state index >= 15 is 0 Å². The Bertz CT molecular complexity index is 593. The van der Waals surface area contributed by atoms with Crippen LogP contribution in [0.1, 0.15) is 24.3 Å². The average molecular weight is 321 g/mol. The van der Waals surface area contributed by atoms with E-state index in [9.17, 15) is 0 Å². The van der Waals surface area contributed by atoms with Gasteiger partial charge in [-0.05, 0) is 30.5 Å². The Morgan fingerprint density at radius 2 is 2.19 bits per heavy atom. The third-order valence-corrected chi connectivity index (χ3v) is 6.59. The lowest BCUT2D eigenvalue weighted by Gasteiger charge is -2.33. The standard InChI is InChI=1S/C17H24N2S2/c1-3-18-10-17-15(11-19-8-9-20-12-13(19)2)14-6-4-5-7-16(14)21-17/h4-7,13,18H,3,8-12H2,1-2H3. The summed E-state index contributed by atoms with van der Waals surface area (Å²) in [5.74, 6) is 2.54. The number of rotatable bonds is 5. The van der Waals surface area contributed by atoms with Gasteiger partial charge in [0, 0.05) is 46.8 Å². The lowest BCUT2D eigenvalue weighted by atomic mass is 10.1. The molecule has 21 heavy (non-hydrogen) atoms. The topological polar surface area (TPSA) is 15.3 Å². The van der Waals surface area contributed by atoms with Gasteiger partial charge in [-0.3, -0.25) is 4.90 Å². The van der Waals surface area contributed by atoms with Crippen molar-refractivity contribution < 1.29 is 0 Å². The van der Waals surface area contributed by atoms with E-state index in [2.05, 4.69) is 60.1 Å². The van der Waals surface area contributed by atoms with Gasteiger partial charge in [0.05, 0.1) is 0 Å². The number of nitrogens with one attached hydrogen (secondary N) is 1. The van der Waals surface area contributed by atoms with Crippen LogP contribution in [0.4, 0.5) is 0 Å². The van der Waals surface area contributed by atoms with Gasteiger partial charge in [-0.2, -0.15) is 11.8 Å². The fourth-order valence-corrected chi connectivity index (χ4v) is 5.17. The number of hydrogen-bond donors (Lipinski definition) is 1. The van der Waals surface area contributed by atoms with Crippen molar-refractivity contribution in [3.63, 3.8) is 0 Å². The molecule has 1 atom stereocenters. The van der Waals surface area contributed by atoms with Gasteiger partial charge in [-0.25, -0.2) is 0 Å². The molecule has 1 N–H and O–H groups in total. The molecular formula is C17H24N2S2. The number of benzene rings is 1.